The lowest BCUT2D eigenvalue weighted by molar-refractivity contribution is -0.121. The summed E-state index contributed by atoms with van der Waals surface area (Å²) in [6, 6.07) is 11.1. The van der Waals surface area contributed by atoms with Gasteiger partial charge >= 0.3 is 0 Å². The van der Waals surface area contributed by atoms with Crippen molar-refractivity contribution in [2.45, 2.75) is 33.1 Å². The smallest absolute Gasteiger partial charge is 0.270 e. The molecule has 0 spiro atoms. The van der Waals surface area contributed by atoms with Gasteiger partial charge in [-0.25, -0.2) is 0 Å². The number of nitrogens with one attached hydrogen (secondary N) is 2. The number of furan rings is 1. The Balaban J connectivity index is 1.70. The number of fused-ring (bicyclic) bond motifs is 1. The van der Waals surface area contributed by atoms with Crippen LogP contribution in [0.25, 0.3) is 11.0 Å². The average Bonchev–Trinajstić information content (AvgIpc) is 3.00. The Morgan fingerprint density at radius 2 is 1.89 bits per heavy atom. The highest BCUT2D eigenvalue weighted by atomic mass is 79.9. The molecular formula is C21H21BrN2O3. The van der Waals surface area contributed by atoms with Gasteiger partial charge in [-0.3, -0.25) is 20.4 Å². The van der Waals surface area contributed by atoms with Crippen molar-refractivity contribution in [2.75, 3.05) is 0 Å². The fourth-order valence-corrected chi connectivity index (χ4v) is 3.52. The van der Waals surface area contributed by atoms with Gasteiger partial charge < -0.3 is 4.42 Å². The van der Waals surface area contributed by atoms with Gasteiger partial charge in [-0.15, -0.1) is 0 Å². The predicted octanol–water partition coefficient (Wildman–Crippen LogP) is 4.63. The van der Waals surface area contributed by atoms with Crippen molar-refractivity contribution in [1.82, 2.24) is 10.9 Å². The third-order valence-electron chi connectivity index (χ3n) is 4.45. The zero-order chi connectivity index (χ0) is 19.6. The van der Waals surface area contributed by atoms with E-state index in [-0.39, 0.29) is 18.2 Å². The van der Waals surface area contributed by atoms with E-state index in [0.29, 0.717) is 16.0 Å². The van der Waals surface area contributed by atoms with E-state index < -0.39 is 0 Å². The molecule has 6 heteroatoms. The number of carbonyl (C=O) groups is 2. The van der Waals surface area contributed by atoms with E-state index in [1.165, 1.54) is 11.1 Å². The molecule has 0 fully saturated rings. The molecule has 0 saturated heterocycles. The van der Waals surface area contributed by atoms with Crippen molar-refractivity contribution in [3.05, 3.63) is 69.4 Å². The van der Waals surface area contributed by atoms with E-state index in [9.17, 15) is 9.59 Å². The van der Waals surface area contributed by atoms with E-state index in [0.717, 1.165) is 16.5 Å². The van der Waals surface area contributed by atoms with Crippen LogP contribution in [0.5, 0.6) is 0 Å². The number of hydrazine groups is 1. The molecule has 0 aliphatic heterocycles. The van der Waals surface area contributed by atoms with Crippen molar-refractivity contribution in [3.8, 4) is 0 Å². The Kier molecular flexibility index (Phi) is 5.65. The van der Waals surface area contributed by atoms with Gasteiger partial charge in [0.2, 0.25) is 5.91 Å². The van der Waals surface area contributed by atoms with Crippen LogP contribution in [0.4, 0.5) is 0 Å². The molecule has 0 aliphatic carbocycles. The first-order valence-corrected chi connectivity index (χ1v) is 9.50. The summed E-state index contributed by atoms with van der Waals surface area (Å²) in [6.07, 6.45) is 1.72. The standard InChI is InChI=1S/C21H21BrN2O3/c1-12(2)16-10-17-14(11-27-19(17)8-13(16)3)9-20(25)23-24-21(26)15-6-4-5-7-18(15)22/h4-8,10-12H,9H2,1-3H3,(H,23,25)(H,24,26). The summed E-state index contributed by atoms with van der Waals surface area (Å²) in [4.78, 5) is 24.4. The predicted molar refractivity (Wildman–Crippen MR) is 108 cm³/mol. The van der Waals surface area contributed by atoms with Crippen molar-refractivity contribution >= 4 is 38.7 Å². The molecular weight excluding hydrogens is 408 g/mol. The molecule has 3 rings (SSSR count). The molecule has 0 unspecified atom stereocenters. The van der Waals surface area contributed by atoms with Crippen LogP contribution >= 0.6 is 15.9 Å². The topological polar surface area (TPSA) is 71.3 Å². The molecule has 0 saturated carbocycles. The van der Waals surface area contributed by atoms with Crippen LogP contribution in [0.15, 0.2) is 51.6 Å². The van der Waals surface area contributed by atoms with Crippen molar-refractivity contribution in [1.29, 1.82) is 0 Å². The molecule has 1 aromatic heterocycles. The van der Waals surface area contributed by atoms with Gasteiger partial charge in [-0.1, -0.05) is 26.0 Å². The van der Waals surface area contributed by atoms with Gasteiger partial charge in [0, 0.05) is 15.4 Å². The number of hydrogen-bond acceptors (Lipinski definition) is 3. The van der Waals surface area contributed by atoms with Gasteiger partial charge in [0.05, 0.1) is 18.2 Å². The summed E-state index contributed by atoms with van der Waals surface area (Å²) in [5.74, 6) is -0.315. The molecule has 2 N–H and O–H groups in total. The van der Waals surface area contributed by atoms with Crippen LogP contribution in [0.1, 0.15) is 46.8 Å². The number of amides is 2. The van der Waals surface area contributed by atoms with Gasteiger partial charge in [0.1, 0.15) is 5.58 Å². The highest BCUT2D eigenvalue weighted by Crippen LogP contribution is 2.29. The molecule has 5 nitrogen and oxygen atoms in total. The molecule has 0 aliphatic rings. The third-order valence-corrected chi connectivity index (χ3v) is 5.14. The second-order valence-electron chi connectivity index (χ2n) is 6.78. The van der Waals surface area contributed by atoms with E-state index in [4.69, 9.17) is 4.42 Å². The first-order valence-electron chi connectivity index (χ1n) is 8.71. The second-order valence-corrected chi connectivity index (χ2v) is 7.63. The van der Waals surface area contributed by atoms with Crippen molar-refractivity contribution in [3.63, 3.8) is 0 Å². The summed E-state index contributed by atoms with van der Waals surface area (Å²) in [6.45, 7) is 6.33. The zero-order valence-electron chi connectivity index (χ0n) is 15.4. The summed E-state index contributed by atoms with van der Waals surface area (Å²) in [5.41, 5.74) is 9.30. The van der Waals surface area contributed by atoms with Crippen LogP contribution in [0.2, 0.25) is 0 Å². The van der Waals surface area contributed by atoms with Crippen LogP contribution in [0.3, 0.4) is 0 Å². The Labute approximate surface area is 166 Å². The minimum atomic E-state index is -0.384. The molecule has 0 bridgehead atoms. The first-order chi connectivity index (χ1) is 12.9. The Morgan fingerprint density at radius 3 is 2.59 bits per heavy atom. The number of carbonyl (C=O) groups excluding carboxylic acids is 2. The summed E-state index contributed by atoms with van der Waals surface area (Å²) >= 11 is 3.32. The molecule has 140 valence electrons. The summed E-state index contributed by atoms with van der Waals surface area (Å²) < 4.78 is 6.26. The molecule has 0 radical (unpaired) electrons. The minimum absolute atomic E-state index is 0.115. The molecule has 1 heterocycles. The Hall–Kier alpha value is -2.60. The van der Waals surface area contributed by atoms with Crippen molar-refractivity contribution < 1.29 is 14.0 Å². The number of hydrogen-bond donors (Lipinski definition) is 2. The lowest BCUT2D eigenvalue weighted by atomic mass is 9.95. The lowest BCUT2D eigenvalue weighted by Crippen LogP contribution is -2.42. The molecule has 2 aromatic carbocycles. The number of halogens is 1. The number of aryl methyl sites for hydroxylation is 1. The van der Waals surface area contributed by atoms with Crippen LogP contribution < -0.4 is 10.9 Å². The normalized spacial score (nSPS) is 11.0. The summed E-state index contributed by atoms with van der Waals surface area (Å²) in [5, 5.41) is 0.927. The lowest BCUT2D eigenvalue weighted by Gasteiger charge is -2.10. The molecule has 3 aromatic rings. The highest BCUT2D eigenvalue weighted by molar-refractivity contribution is 9.10. The maximum atomic E-state index is 12.3. The van der Waals surface area contributed by atoms with Gasteiger partial charge in [-0.2, -0.15) is 0 Å². The van der Waals surface area contributed by atoms with Crippen LogP contribution in [0, 0.1) is 6.92 Å². The molecule has 0 atom stereocenters. The van der Waals surface area contributed by atoms with Gasteiger partial charge in [0.25, 0.3) is 5.91 Å². The summed E-state index contributed by atoms with van der Waals surface area (Å²) in [7, 11) is 0. The third kappa shape index (κ3) is 4.22. The Morgan fingerprint density at radius 1 is 1.15 bits per heavy atom. The van der Waals surface area contributed by atoms with Gasteiger partial charge in [0.15, 0.2) is 0 Å². The SMILES string of the molecule is Cc1cc2occ(CC(=O)NNC(=O)c3ccccc3Br)c2cc1C(C)C. The maximum Gasteiger partial charge on any atom is 0.270 e. The minimum Gasteiger partial charge on any atom is -0.464 e. The monoisotopic (exact) mass is 428 g/mol. The van der Waals surface area contributed by atoms with Crippen LogP contribution in [-0.4, -0.2) is 11.8 Å². The second kappa shape index (κ2) is 7.96. The van der Waals surface area contributed by atoms with E-state index in [1.54, 1.807) is 24.5 Å². The number of rotatable bonds is 4. The number of benzene rings is 2. The van der Waals surface area contributed by atoms with E-state index >= 15 is 0 Å². The Bertz CT molecular complexity index is 1010. The fraction of sp³-hybridized carbons (Fsp3) is 0.238. The molecule has 27 heavy (non-hydrogen) atoms. The highest BCUT2D eigenvalue weighted by Gasteiger charge is 2.15. The first kappa shape index (κ1) is 19.2. The van der Waals surface area contributed by atoms with Crippen LogP contribution in [-0.2, 0) is 11.2 Å². The quantitative estimate of drug-likeness (QED) is 0.594. The van der Waals surface area contributed by atoms with Gasteiger partial charge in [-0.05, 0) is 64.2 Å². The molecule has 2 amide bonds. The largest absolute Gasteiger partial charge is 0.464 e. The van der Waals surface area contributed by atoms with Crippen molar-refractivity contribution in [2.24, 2.45) is 0 Å². The zero-order valence-corrected chi connectivity index (χ0v) is 17.0. The van der Waals surface area contributed by atoms with E-state index in [2.05, 4.69) is 53.6 Å². The fourth-order valence-electron chi connectivity index (χ4n) is 3.06. The van der Waals surface area contributed by atoms with E-state index in [1.807, 2.05) is 12.1 Å². The average molecular weight is 429 g/mol. The maximum absolute atomic E-state index is 12.3.